The number of likely N-dealkylation sites (tertiary alicyclic amines) is 1. The molecule has 1 aromatic carbocycles. The van der Waals surface area contributed by atoms with Crippen LogP contribution < -0.4 is 14.8 Å². The molecule has 8 heteroatoms. The number of nitrogens with one attached hydrogen (secondary N) is 1. The molecule has 1 N–H and O–H groups in total. The number of piperidine rings is 1. The second-order valence-corrected chi connectivity index (χ2v) is 8.49. The van der Waals surface area contributed by atoms with Gasteiger partial charge in [-0.05, 0) is 56.8 Å². The van der Waals surface area contributed by atoms with E-state index in [1.54, 1.807) is 13.3 Å². The molecule has 1 aromatic heterocycles. The molecule has 2 heterocycles. The van der Waals surface area contributed by atoms with Crippen molar-refractivity contribution in [1.82, 2.24) is 25.2 Å². The van der Waals surface area contributed by atoms with Crippen molar-refractivity contribution in [3.8, 4) is 11.5 Å². The largest absolute Gasteiger partial charge is 0.493 e. The number of carbonyl (C=O) groups is 1. The molecule has 2 aliphatic rings. The monoisotopic (exact) mass is 427 g/mol. The Labute approximate surface area is 183 Å². The van der Waals surface area contributed by atoms with Crippen molar-refractivity contribution in [1.29, 1.82) is 0 Å². The minimum absolute atomic E-state index is 0.104. The Morgan fingerprint density at radius 1 is 1.19 bits per heavy atom. The van der Waals surface area contributed by atoms with Crippen LogP contribution in [0.5, 0.6) is 11.5 Å². The molecule has 31 heavy (non-hydrogen) atoms. The fourth-order valence-electron chi connectivity index (χ4n) is 4.63. The van der Waals surface area contributed by atoms with Gasteiger partial charge in [-0.2, -0.15) is 0 Å². The normalized spacial score (nSPS) is 20.0. The Kier molecular flexibility index (Phi) is 7.06. The SMILES string of the molecule is CCOc1cc(CN2CCCC(n3cc(C(=O)NC4CCCC4)nn3)C2)ccc1OC. The number of ether oxygens (including phenoxy) is 2. The van der Waals surface area contributed by atoms with E-state index in [1.165, 1.54) is 18.4 Å². The number of carbonyl (C=O) groups excluding carboxylic acids is 1. The van der Waals surface area contributed by atoms with Crippen LogP contribution in [0.15, 0.2) is 24.4 Å². The molecule has 1 unspecified atom stereocenters. The van der Waals surface area contributed by atoms with Gasteiger partial charge in [0.1, 0.15) is 0 Å². The number of amides is 1. The molecule has 168 valence electrons. The molecule has 2 aromatic rings. The smallest absolute Gasteiger partial charge is 0.273 e. The van der Waals surface area contributed by atoms with E-state index in [-0.39, 0.29) is 18.0 Å². The van der Waals surface area contributed by atoms with E-state index in [0.29, 0.717) is 12.3 Å². The summed E-state index contributed by atoms with van der Waals surface area (Å²) in [7, 11) is 1.66. The highest BCUT2D eigenvalue weighted by Crippen LogP contribution is 2.29. The van der Waals surface area contributed by atoms with Crippen molar-refractivity contribution < 1.29 is 14.3 Å². The van der Waals surface area contributed by atoms with E-state index in [2.05, 4.69) is 32.7 Å². The van der Waals surface area contributed by atoms with Crippen molar-refractivity contribution in [2.45, 2.75) is 64.1 Å². The lowest BCUT2D eigenvalue weighted by molar-refractivity contribution is 0.0932. The molecule has 1 saturated heterocycles. The molecule has 1 atom stereocenters. The highest BCUT2D eigenvalue weighted by Gasteiger charge is 2.25. The van der Waals surface area contributed by atoms with Gasteiger partial charge in [-0.3, -0.25) is 9.69 Å². The summed E-state index contributed by atoms with van der Waals surface area (Å²) < 4.78 is 13.0. The van der Waals surface area contributed by atoms with Gasteiger partial charge >= 0.3 is 0 Å². The lowest BCUT2D eigenvalue weighted by atomic mass is 10.0. The third-order valence-corrected chi connectivity index (χ3v) is 6.22. The van der Waals surface area contributed by atoms with Crippen molar-refractivity contribution in [2.24, 2.45) is 0 Å². The van der Waals surface area contributed by atoms with Gasteiger partial charge in [-0.25, -0.2) is 4.68 Å². The van der Waals surface area contributed by atoms with Crippen LogP contribution in [-0.4, -0.2) is 58.6 Å². The van der Waals surface area contributed by atoms with E-state index >= 15 is 0 Å². The number of hydrogen-bond acceptors (Lipinski definition) is 6. The standard InChI is InChI=1S/C23H33N5O3/c1-3-31-22-13-17(10-11-21(22)30-2)14-27-12-6-9-19(15-27)28-16-20(25-26-28)23(29)24-18-7-4-5-8-18/h10-11,13,16,18-19H,3-9,12,14-15H2,1-2H3,(H,24,29). The summed E-state index contributed by atoms with van der Waals surface area (Å²) in [6, 6.07) is 6.63. The quantitative estimate of drug-likeness (QED) is 0.697. The summed E-state index contributed by atoms with van der Waals surface area (Å²) in [5.41, 5.74) is 1.61. The molecular weight excluding hydrogens is 394 g/mol. The summed E-state index contributed by atoms with van der Waals surface area (Å²) >= 11 is 0. The first-order valence-electron chi connectivity index (χ1n) is 11.4. The van der Waals surface area contributed by atoms with Gasteiger partial charge < -0.3 is 14.8 Å². The van der Waals surface area contributed by atoms with Crippen LogP contribution in [0.3, 0.4) is 0 Å². The third kappa shape index (κ3) is 5.36. The molecule has 1 aliphatic carbocycles. The van der Waals surface area contributed by atoms with Gasteiger partial charge in [-0.1, -0.05) is 24.1 Å². The molecular formula is C23H33N5O3. The van der Waals surface area contributed by atoms with Crippen molar-refractivity contribution in [3.05, 3.63) is 35.7 Å². The summed E-state index contributed by atoms with van der Waals surface area (Å²) in [5, 5.41) is 11.5. The van der Waals surface area contributed by atoms with Crippen LogP contribution >= 0.6 is 0 Å². The lowest BCUT2D eigenvalue weighted by Gasteiger charge is -2.32. The van der Waals surface area contributed by atoms with E-state index in [9.17, 15) is 4.79 Å². The second kappa shape index (κ2) is 10.1. The van der Waals surface area contributed by atoms with Crippen LogP contribution in [0.4, 0.5) is 0 Å². The second-order valence-electron chi connectivity index (χ2n) is 8.49. The van der Waals surface area contributed by atoms with Gasteiger partial charge in [-0.15, -0.1) is 5.10 Å². The van der Waals surface area contributed by atoms with Crippen LogP contribution in [0.1, 0.15) is 67.5 Å². The Hall–Kier alpha value is -2.61. The predicted octanol–water partition coefficient (Wildman–Crippen LogP) is 3.19. The van der Waals surface area contributed by atoms with Crippen LogP contribution in [0.25, 0.3) is 0 Å². The molecule has 0 spiro atoms. The van der Waals surface area contributed by atoms with E-state index in [0.717, 1.165) is 56.8 Å². The van der Waals surface area contributed by atoms with Crippen molar-refractivity contribution >= 4 is 5.91 Å². The Balaban J connectivity index is 1.37. The van der Waals surface area contributed by atoms with E-state index < -0.39 is 0 Å². The summed E-state index contributed by atoms with van der Waals surface area (Å²) in [6.07, 6.45) is 8.44. The maximum Gasteiger partial charge on any atom is 0.273 e. The van der Waals surface area contributed by atoms with E-state index in [4.69, 9.17) is 9.47 Å². The zero-order valence-corrected chi connectivity index (χ0v) is 18.5. The van der Waals surface area contributed by atoms with Crippen molar-refractivity contribution in [3.63, 3.8) is 0 Å². The molecule has 1 saturated carbocycles. The van der Waals surface area contributed by atoms with Gasteiger partial charge in [0.25, 0.3) is 5.91 Å². The summed E-state index contributed by atoms with van der Waals surface area (Å²) in [4.78, 5) is 14.9. The van der Waals surface area contributed by atoms with Gasteiger partial charge in [0.15, 0.2) is 17.2 Å². The first kappa shape index (κ1) is 21.6. The average Bonchev–Trinajstić information content (AvgIpc) is 3.47. The lowest BCUT2D eigenvalue weighted by Crippen LogP contribution is -2.36. The zero-order chi connectivity index (χ0) is 21.6. The first-order valence-corrected chi connectivity index (χ1v) is 11.4. The fraction of sp³-hybridized carbons (Fsp3) is 0.609. The number of aromatic nitrogens is 3. The predicted molar refractivity (Wildman–Crippen MR) is 117 cm³/mol. The number of nitrogens with zero attached hydrogens (tertiary/aromatic N) is 4. The third-order valence-electron chi connectivity index (χ3n) is 6.22. The minimum Gasteiger partial charge on any atom is -0.493 e. The highest BCUT2D eigenvalue weighted by molar-refractivity contribution is 5.92. The number of rotatable bonds is 8. The average molecular weight is 428 g/mol. The van der Waals surface area contributed by atoms with Gasteiger partial charge in [0, 0.05) is 19.1 Å². The van der Waals surface area contributed by atoms with Gasteiger partial charge in [0.05, 0.1) is 26.0 Å². The molecule has 2 fully saturated rings. The van der Waals surface area contributed by atoms with Crippen LogP contribution in [0.2, 0.25) is 0 Å². The Morgan fingerprint density at radius 2 is 2.03 bits per heavy atom. The number of benzene rings is 1. The van der Waals surface area contributed by atoms with Crippen LogP contribution in [-0.2, 0) is 6.54 Å². The Morgan fingerprint density at radius 3 is 2.81 bits per heavy atom. The van der Waals surface area contributed by atoms with Crippen LogP contribution in [0, 0.1) is 0 Å². The maximum absolute atomic E-state index is 12.5. The molecule has 1 aliphatic heterocycles. The Bertz CT molecular complexity index is 878. The van der Waals surface area contributed by atoms with Gasteiger partial charge in [0.2, 0.25) is 0 Å². The topological polar surface area (TPSA) is 81.5 Å². The molecule has 1 amide bonds. The zero-order valence-electron chi connectivity index (χ0n) is 18.5. The highest BCUT2D eigenvalue weighted by atomic mass is 16.5. The molecule has 0 radical (unpaired) electrons. The first-order chi connectivity index (χ1) is 15.2. The molecule has 4 rings (SSSR count). The minimum atomic E-state index is -0.104. The summed E-state index contributed by atoms with van der Waals surface area (Å²) in [6.45, 7) is 5.33. The maximum atomic E-state index is 12.5. The summed E-state index contributed by atoms with van der Waals surface area (Å²) in [5.74, 6) is 1.44. The molecule has 8 nitrogen and oxygen atoms in total. The number of methoxy groups -OCH3 is 1. The van der Waals surface area contributed by atoms with E-state index in [1.807, 2.05) is 17.7 Å². The fourth-order valence-corrected chi connectivity index (χ4v) is 4.63. The van der Waals surface area contributed by atoms with Crippen molar-refractivity contribution in [2.75, 3.05) is 26.8 Å². The number of hydrogen-bond donors (Lipinski definition) is 1. The molecule has 0 bridgehead atoms.